The minimum atomic E-state index is -3.66. The summed E-state index contributed by atoms with van der Waals surface area (Å²) in [6.45, 7) is 4.25. The Bertz CT molecular complexity index is 1030. The van der Waals surface area contributed by atoms with Crippen molar-refractivity contribution >= 4 is 10.0 Å². The molecule has 1 saturated carbocycles. The molecule has 1 aliphatic heterocycles. The van der Waals surface area contributed by atoms with Crippen LogP contribution < -0.4 is 9.47 Å². The molecule has 1 saturated heterocycles. The fourth-order valence-electron chi connectivity index (χ4n) is 4.99. The van der Waals surface area contributed by atoms with Crippen molar-refractivity contribution in [2.24, 2.45) is 5.41 Å². The third-order valence-electron chi connectivity index (χ3n) is 7.22. The fraction of sp³-hybridized carbons (Fsp3) is 0.520. The molecule has 2 fully saturated rings. The highest BCUT2D eigenvalue weighted by Gasteiger charge is 2.50. The summed E-state index contributed by atoms with van der Waals surface area (Å²) in [6.07, 6.45) is 3.89. The zero-order valence-corrected chi connectivity index (χ0v) is 19.8. The minimum absolute atomic E-state index is 0.181. The first kappa shape index (κ1) is 23.1. The molecule has 0 aromatic heterocycles. The molecule has 2 aromatic carbocycles. The third kappa shape index (κ3) is 4.26. The normalized spacial score (nSPS) is 25.7. The van der Waals surface area contributed by atoms with Crippen molar-refractivity contribution < 1.29 is 23.0 Å². The van der Waals surface area contributed by atoms with Crippen molar-refractivity contribution in [2.45, 2.75) is 62.6 Å². The molecule has 6 nitrogen and oxygen atoms in total. The van der Waals surface area contributed by atoms with Crippen LogP contribution in [-0.2, 0) is 10.0 Å². The number of rotatable bonds is 7. The molecule has 3 atom stereocenters. The van der Waals surface area contributed by atoms with Gasteiger partial charge >= 0.3 is 0 Å². The van der Waals surface area contributed by atoms with Gasteiger partial charge in [-0.25, -0.2) is 8.42 Å². The average Bonchev–Trinajstić information content (AvgIpc) is 3.43. The lowest BCUT2D eigenvalue weighted by molar-refractivity contribution is 0.0519. The van der Waals surface area contributed by atoms with Crippen LogP contribution in [0.25, 0.3) is 0 Å². The molecule has 1 heterocycles. The number of ether oxygens (including phenoxy) is 2. The summed E-state index contributed by atoms with van der Waals surface area (Å²) in [5.74, 6) is 1.18. The van der Waals surface area contributed by atoms with Gasteiger partial charge in [-0.2, -0.15) is 4.31 Å². The predicted octanol–water partition coefficient (Wildman–Crippen LogP) is 4.19. The maximum Gasteiger partial charge on any atom is 0.243 e. The van der Waals surface area contributed by atoms with Gasteiger partial charge < -0.3 is 14.6 Å². The van der Waals surface area contributed by atoms with Crippen molar-refractivity contribution in [2.75, 3.05) is 20.2 Å². The van der Waals surface area contributed by atoms with E-state index in [9.17, 15) is 13.5 Å². The zero-order chi connectivity index (χ0) is 22.9. The number of benzene rings is 2. The number of aliphatic hydroxyl groups is 1. The van der Waals surface area contributed by atoms with Crippen LogP contribution in [0.5, 0.6) is 11.5 Å². The molecule has 0 radical (unpaired) electrons. The summed E-state index contributed by atoms with van der Waals surface area (Å²) in [6, 6.07) is 14.3. The molecule has 2 aromatic rings. The molecule has 174 valence electrons. The molecule has 0 unspecified atom stereocenters. The first-order valence-corrected chi connectivity index (χ1v) is 12.8. The van der Waals surface area contributed by atoms with Crippen LogP contribution in [0.4, 0.5) is 0 Å². The van der Waals surface area contributed by atoms with Crippen molar-refractivity contribution in [1.82, 2.24) is 4.31 Å². The molecule has 4 rings (SSSR count). The molecule has 2 aliphatic rings. The van der Waals surface area contributed by atoms with Gasteiger partial charge in [0.25, 0.3) is 0 Å². The van der Waals surface area contributed by atoms with Gasteiger partial charge in [-0.15, -0.1) is 0 Å². The van der Waals surface area contributed by atoms with E-state index in [2.05, 4.69) is 0 Å². The van der Waals surface area contributed by atoms with Gasteiger partial charge in [0.15, 0.2) is 11.5 Å². The Labute approximate surface area is 191 Å². The molecule has 7 heteroatoms. The molecule has 0 amide bonds. The second-order valence-electron chi connectivity index (χ2n) is 9.28. The van der Waals surface area contributed by atoms with Crippen LogP contribution in [0, 0.1) is 5.41 Å². The van der Waals surface area contributed by atoms with Gasteiger partial charge in [-0.3, -0.25) is 0 Å². The van der Waals surface area contributed by atoms with Crippen molar-refractivity contribution in [3.8, 4) is 11.5 Å². The van der Waals surface area contributed by atoms with Crippen LogP contribution in [0.2, 0.25) is 0 Å². The Morgan fingerprint density at radius 1 is 1.09 bits per heavy atom. The Morgan fingerprint density at radius 2 is 1.78 bits per heavy atom. The summed E-state index contributed by atoms with van der Waals surface area (Å²) >= 11 is 0. The highest BCUT2D eigenvalue weighted by Crippen LogP contribution is 2.48. The van der Waals surface area contributed by atoms with Gasteiger partial charge in [0, 0.05) is 24.4 Å². The second kappa shape index (κ2) is 9.04. The van der Waals surface area contributed by atoms with E-state index in [1.807, 2.05) is 25.1 Å². The van der Waals surface area contributed by atoms with E-state index >= 15 is 0 Å². The van der Waals surface area contributed by atoms with Crippen LogP contribution in [0.3, 0.4) is 0 Å². The largest absolute Gasteiger partial charge is 0.493 e. The van der Waals surface area contributed by atoms with Crippen molar-refractivity contribution in [3.63, 3.8) is 0 Å². The lowest BCUT2D eigenvalue weighted by Gasteiger charge is -2.34. The topological polar surface area (TPSA) is 76.1 Å². The van der Waals surface area contributed by atoms with Crippen LogP contribution in [0.1, 0.15) is 51.0 Å². The fourth-order valence-corrected chi connectivity index (χ4v) is 6.58. The van der Waals surface area contributed by atoms with E-state index in [0.717, 1.165) is 18.4 Å². The smallest absolute Gasteiger partial charge is 0.243 e. The molecule has 0 bridgehead atoms. The van der Waals surface area contributed by atoms with Crippen molar-refractivity contribution in [3.05, 3.63) is 54.1 Å². The zero-order valence-electron chi connectivity index (χ0n) is 19.0. The molecular weight excluding hydrogens is 426 g/mol. The SMILES string of the molecule is COc1ccc([C@@H]2CN(S(=O)(=O)c3ccccc3)C[C@@]2(C)[C@@H](C)O)cc1OC1CCCC1. The van der Waals surface area contributed by atoms with Crippen molar-refractivity contribution in [1.29, 1.82) is 0 Å². The van der Waals surface area contributed by atoms with Gasteiger partial charge in [0.1, 0.15) is 0 Å². The van der Waals surface area contributed by atoms with E-state index in [0.29, 0.717) is 18.0 Å². The lowest BCUT2D eigenvalue weighted by atomic mass is 9.72. The Kier molecular flexibility index (Phi) is 6.52. The first-order valence-electron chi connectivity index (χ1n) is 11.3. The van der Waals surface area contributed by atoms with Gasteiger partial charge in [-0.1, -0.05) is 31.2 Å². The highest BCUT2D eigenvalue weighted by molar-refractivity contribution is 7.89. The summed E-state index contributed by atoms with van der Waals surface area (Å²) in [7, 11) is -2.03. The Hall–Kier alpha value is -2.09. The molecular formula is C25H33NO5S. The van der Waals surface area contributed by atoms with E-state index < -0.39 is 21.5 Å². The summed E-state index contributed by atoms with van der Waals surface area (Å²) in [5.41, 5.74) is 0.314. The van der Waals surface area contributed by atoms with Gasteiger partial charge in [-0.05, 0) is 62.4 Å². The van der Waals surface area contributed by atoms with E-state index in [4.69, 9.17) is 9.47 Å². The lowest BCUT2D eigenvalue weighted by Crippen LogP contribution is -2.38. The summed E-state index contributed by atoms with van der Waals surface area (Å²) < 4.78 is 39.9. The number of aliphatic hydroxyl groups excluding tert-OH is 1. The number of methoxy groups -OCH3 is 1. The van der Waals surface area contributed by atoms with Gasteiger partial charge in [0.2, 0.25) is 10.0 Å². The number of sulfonamides is 1. The third-order valence-corrected chi connectivity index (χ3v) is 9.05. The Morgan fingerprint density at radius 3 is 2.41 bits per heavy atom. The summed E-state index contributed by atoms with van der Waals surface area (Å²) in [5, 5.41) is 10.7. The predicted molar refractivity (Wildman–Crippen MR) is 124 cm³/mol. The standard InChI is InChI=1S/C25H33NO5S/c1-18(27)25(2)17-26(32(28,29)21-11-5-4-6-12-21)16-22(25)19-13-14-23(30-3)24(15-19)31-20-9-7-8-10-20/h4-6,11-15,18,20,22,27H,7-10,16-17H2,1-3H3/t18-,22+,25+/m1/s1. The van der Waals surface area contributed by atoms with Crippen LogP contribution >= 0.6 is 0 Å². The number of nitrogens with zero attached hydrogens (tertiary/aromatic N) is 1. The van der Waals surface area contributed by atoms with E-state index in [1.54, 1.807) is 44.4 Å². The van der Waals surface area contributed by atoms with E-state index in [1.165, 1.54) is 17.1 Å². The quantitative estimate of drug-likeness (QED) is 0.672. The maximum atomic E-state index is 13.3. The molecule has 0 spiro atoms. The first-order chi connectivity index (χ1) is 15.3. The molecule has 1 aliphatic carbocycles. The number of hydrogen-bond acceptors (Lipinski definition) is 5. The molecule has 1 N–H and O–H groups in total. The molecule has 32 heavy (non-hydrogen) atoms. The van der Waals surface area contributed by atoms with E-state index in [-0.39, 0.29) is 23.5 Å². The monoisotopic (exact) mass is 459 g/mol. The number of hydrogen-bond donors (Lipinski definition) is 1. The van der Waals surface area contributed by atoms with Gasteiger partial charge in [0.05, 0.1) is 24.2 Å². The second-order valence-corrected chi connectivity index (χ2v) is 11.2. The highest BCUT2D eigenvalue weighted by atomic mass is 32.2. The summed E-state index contributed by atoms with van der Waals surface area (Å²) in [4.78, 5) is 0.272. The Balaban J connectivity index is 1.68. The minimum Gasteiger partial charge on any atom is -0.493 e. The van der Waals surface area contributed by atoms with Crippen LogP contribution in [0.15, 0.2) is 53.4 Å². The average molecular weight is 460 g/mol. The van der Waals surface area contributed by atoms with Crippen LogP contribution in [-0.4, -0.2) is 50.2 Å². The maximum absolute atomic E-state index is 13.3.